The molecule has 1 fully saturated rings. The molecule has 0 unspecified atom stereocenters. The molecule has 0 radical (unpaired) electrons. The third-order valence-corrected chi connectivity index (χ3v) is 6.63. The number of aromatic nitrogens is 1. The van der Waals surface area contributed by atoms with Crippen LogP contribution in [0.1, 0.15) is 23.6 Å². The van der Waals surface area contributed by atoms with Gasteiger partial charge in [0.15, 0.2) is 0 Å². The van der Waals surface area contributed by atoms with Crippen molar-refractivity contribution in [2.45, 2.75) is 32.0 Å². The molecule has 0 spiro atoms. The van der Waals surface area contributed by atoms with Crippen molar-refractivity contribution in [3.8, 4) is 6.07 Å². The lowest BCUT2D eigenvalue weighted by Gasteiger charge is -2.49. The molecule has 1 saturated heterocycles. The van der Waals surface area contributed by atoms with Crippen LogP contribution in [-0.4, -0.2) is 35.1 Å². The van der Waals surface area contributed by atoms with Crippen LogP contribution >= 0.6 is 15.9 Å². The van der Waals surface area contributed by atoms with Gasteiger partial charge in [0.1, 0.15) is 6.07 Å². The minimum Gasteiger partial charge on any atom is -0.368 e. The monoisotopic (exact) mass is 432 g/mol. The molecule has 0 saturated carbocycles. The van der Waals surface area contributed by atoms with Gasteiger partial charge >= 0.3 is 0 Å². The van der Waals surface area contributed by atoms with Crippen LogP contribution in [0.2, 0.25) is 0 Å². The fraction of sp³-hybridized carbons (Fsp3) is 0.304. The lowest BCUT2D eigenvalue weighted by molar-refractivity contribution is 0.101. The number of anilines is 1. The van der Waals surface area contributed by atoms with E-state index >= 15 is 0 Å². The SMILES string of the molecule is C[C@@H]1CN(c2ccc(C#N)c3ncccc23)C[C@@H]2Cc3ccc(Br)cc3CN21. The minimum absolute atomic E-state index is 0.466. The van der Waals surface area contributed by atoms with E-state index in [4.69, 9.17) is 0 Å². The highest BCUT2D eigenvalue weighted by Crippen LogP contribution is 2.35. The number of fused-ring (bicyclic) bond motifs is 3. The molecule has 0 aliphatic carbocycles. The number of halogens is 1. The van der Waals surface area contributed by atoms with Gasteiger partial charge in [-0.25, -0.2) is 0 Å². The Bertz CT molecular complexity index is 1100. The van der Waals surface area contributed by atoms with Crippen molar-refractivity contribution < 1.29 is 0 Å². The van der Waals surface area contributed by atoms with Crippen molar-refractivity contribution in [1.29, 1.82) is 5.26 Å². The normalized spacial score (nSPS) is 21.8. The largest absolute Gasteiger partial charge is 0.368 e. The second-order valence-corrected chi connectivity index (χ2v) is 8.76. The van der Waals surface area contributed by atoms with Crippen LogP contribution in [-0.2, 0) is 13.0 Å². The van der Waals surface area contributed by atoms with E-state index in [2.05, 4.69) is 74.0 Å². The van der Waals surface area contributed by atoms with E-state index in [9.17, 15) is 5.26 Å². The molecular formula is C23H21BrN4. The lowest BCUT2D eigenvalue weighted by atomic mass is 9.90. The summed E-state index contributed by atoms with van der Waals surface area (Å²) in [6, 6.07) is 18.0. The number of piperazine rings is 1. The zero-order valence-corrected chi connectivity index (χ0v) is 17.4. The Morgan fingerprint density at radius 3 is 2.89 bits per heavy atom. The summed E-state index contributed by atoms with van der Waals surface area (Å²) in [5.74, 6) is 0. The molecule has 0 amide bonds. The first-order valence-corrected chi connectivity index (χ1v) is 10.5. The Balaban J connectivity index is 1.51. The minimum atomic E-state index is 0.466. The van der Waals surface area contributed by atoms with Crippen molar-refractivity contribution >= 4 is 32.5 Å². The van der Waals surface area contributed by atoms with Gasteiger partial charge in [-0.05, 0) is 60.9 Å². The molecule has 2 atom stereocenters. The van der Waals surface area contributed by atoms with Crippen LogP contribution in [0.25, 0.3) is 10.9 Å². The summed E-state index contributed by atoms with van der Waals surface area (Å²) in [6.45, 7) is 5.32. The average Bonchev–Trinajstić information content (AvgIpc) is 2.71. The van der Waals surface area contributed by atoms with Crippen LogP contribution < -0.4 is 4.90 Å². The molecule has 28 heavy (non-hydrogen) atoms. The highest BCUT2D eigenvalue weighted by Gasteiger charge is 2.36. The van der Waals surface area contributed by atoms with Crippen molar-refractivity contribution in [3.05, 3.63) is 69.8 Å². The molecule has 2 aromatic carbocycles. The zero-order valence-electron chi connectivity index (χ0n) is 15.8. The van der Waals surface area contributed by atoms with Gasteiger partial charge < -0.3 is 4.90 Å². The van der Waals surface area contributed by atoms with Crippen LogP contribution in [0.4, 0.5) is 5.69 Å². The molecule has 0 N–H and O–H groups in total. The van der Waals surface area contributed by atoms with E-state index in [0.29, 0.717) is 17.6 Å². The van der Waals surface area contributed by atoms with E-state index in [1.54, 1.807) is 6.20 Å². The number of nitrogens with zero attached hydrogens (tertiary/aromatic N) is 4. The molecular weight excluding hydrogens is 412 g/mol. The number of pyridine rings is 1. The van der Waals surface area contributed by atoms with E-state index in [-0.39, 0.29) is 0 Å². The Labute approximate surface area is 173 Å². The Morgan fingerprint density at radius 1 is 1.14 bits per heavy atom. The van der Waals surface area contributed by atoms with Gasteiger partial charge in [0.25, 0.3) is 0 Å². The highest BCUT2D eigenvalue weighted by molar-refractivity contribution is 9.10. The molecule has 0 bridgehead atoms. The van der Waals surface area contributed by atoms with Crippen molar-refractivity contribution in [1.82, 2.24) is 9.88 Å². The van der Waals surface area contributed by atoms with Crippen LogP contribution in [0.15, 0.2) is 53.1 Å². The molecule has 4 nitrogen and oxygen atoms in total. The number of rotatable bonds is 1. The number of hydrogen-bond acceptors (Lipinski definition) is 4. The van der Waals surface area contributed by atoms with Gasteiger partial charge in [-0.2, -0.15) is 5.26 Å². The quantitative estimate of drug-likeness (QED) is 0.567. The van der Waals surface area contributed by atoms with E-state index in [1.807, 2.05) is 12.1 Å². The Kier molecular flexibility index (Phi) is 4.34. The maximum atomic E-state index is 9.43. The van der Waals surface area contributed by atoms with E-state index in [0.717, 1.165) is 41.4 Å². The van der Waals surface area contributed by atoms with Gasteiger partial charge in [-0.15, -0.1) is 0 Å². The first-order chi connectivity index (χ1) is 13.6. The summed E-state index contributed by atoms with van der Waals surface area (Å²) in [7, 11) is 0. The zero-order chi connectivity index (χ0) is 19.3. The number of nitriles is 1. The van der Waals surface area contributed by atoms with E-state index in [1.165, 1.54) is 16.8 Å². The first-order valence-electron chi connectivity index (χ1n) is 9.70. The maximum absolute atomic E-state index is 9.43. The summed E-state index contributed by atoms with van der Waals surface area (Å²) < 4.78 is 1.16. The standard InChI is InChI=1S/C23H21BrN4/c1-15-12-27(22-7-5-17(11-25)23-21(22)3-2-8-26-23)14-20-10-16-4-6-19(24)9-18(16)13-28(15)20/h2-9,15,20H,10,12-14H2,1H3/t15-,20+/m1/s1. The molecule has 1 aromatic heterocycles. The summed E-state index contributed by atoms with van der Waals surface area (Å²) in [4.78, 5) is 9.62. The second kappa shape index (κ2) is 6.88. The highest BCUT2D eigenvalue weighted by atomic mass is 79.9. The fourth-order valence-electron chi connectivity index (χ4n) is 4.80. The van der Waals surface area contributed by atoms with Gasteiger partial charge in [0.05, 0.1) is 11.1 Å². The molecule has 3 heterocycles. The van der Waals surface area contributed by atoms with E-state index < -0.39 is 0 Å². The third-order valence-electron chi connectivity index (χ3n) is 6.14. The molecule has 2 aliphatic heterocycles. The summed E-state index contributed by atoms with van der Waals surface area (Å²) in [5, 5.41) is 10.5. The van der Waals surface area contributed by atoms with Gasteiger partial charge in [-0.3, -0.25) is 9.88 Å². The summed E-state index contributed by atoms with van der Waals surface area (Å²) in [6.07, 6.45) is 2.85. The van der Waals surface area contributed by atoms with Crippen molar-refractivity contribution in [2.24, 2.45) is 0 Å². The fourth-order valence-corrected chi connectivity index (χ4v) is 5.20. The second-order valence-electron chi connectivity index (χ2n) is 7.84. The lowest BCUT2D eigenvalue weighted by Crippen LogP contribution is -2.59. The molecule has 2 aliphatic rings. The molecule has 5 rings (SSSR count). The molecule has 140 valence electrons. The summed E-state index contributed by atoms with van der Waals surface area (Å²) in [5.41, 5.74) is 5.54. The van der Waals surface area contributed by atoms with Crippen molar-refractivity contribution in [3.63, 3.8) is 0 Å². The Morgan fingerprint density at radius 2 is 2.04 bits per heavy atom. The van der Waals surface area contributed by atoms with Crippen LogP contribution in [0.3, 0.4) is 0 Å². The van der Waals surface area contributed by atoms with Gasteiger partial charge in [0.2, 0.25) is 0 Å². The predicted molar refractivity (Wildman–Crippen MR) is 115 cm³/mol. The predicted octanol–water partition coefficient (Wildman–Crippen LogP) is 4.50. The van der Waals surface area contributed by atoms with Gasteiger partial charge in [-0.1, -0.05) is 22.0 Å². The van der Waals surface area contributed by atoms with Crippen LogP contribution in [0, 0.1) is 11.3 Å². The number of hydrogen-bond donors (Lipinski definition) is 0. The first kappa shape index (κ1) is 17.7. The Hall–Kier alpha value is -2.42. The molecule has 5 heteroatoms. The van der Waals surface area contributed by atoms with Gasteiger partial charge in [0, 0.05) is 53.5 Å². The summed E-state index contributed by atoms with van der Waals surface area (Å²) >= 11 is 3.61. The van der Waals surface area contributed by atoms with Crippen molar-refractivity contribution in [2.75, 3.05) is 18.0 Å². The molecule has 3 aromatic rings. The topological polar surface area (TPSA) is 43.2 Å². The third kappa shape index (κ3) is 2.88. The average molecular weight is 433 g/mol. The maximum Gasteiger partial charge on any atom is 0.101 e. The smallest absolute Gasteiger partial charge is 0.101 e. The number of benzene rings is 2. The van der Waals surface area contributed by atoms with Crippen LogP contribution in [0.5, 0.6) is 0 Å².